The molecular weight excluding hydrogens is 188 g/mol. The zero-order chi connectivity index (χ0) is 11.6. The summed E-state index contributed by atoms with van der Waals surface area (Å²) in [6, 6.07) is 0.0983. The number of ketones is 1. The van der Waals surface area contributed by atoms with Crippen molar-refractivity contribution in [2.45, 2.75) is 26.8 Å². The van der Waals surface area contributed by atoms with E-state index in [4.69, 9.17) is 0 Å². The molecule has 1 heterocycles. The highest BCUT2D eigenvalue weighted by molar-refractivity contribution is 5.86. The molecule has 2 unspecified atom stereocenters. The van der Waals surface area contributed by atoms with Crippen LogP contribution in [0.5, 0.6) is 0 Å². The SMILES string of the molecule is CC(C)C(C)C(=O)C1CN(C)CCN1C. The maximum Gasteiger partial charge on any atom is 0.154 e. The first-order chi connectivity index (χ1) is 6.93. The fourth-order valence-corrected chi connectivity index (χ4v) is 1.95. The van der Waals surface area contributed by atoms with Crippen LogP contribution in [0.4, 0.5) is 0 Å². The van der Waals surface area contributed by atoms with Crippen LogP contribution in [0.25, 0.3) is 0 Å². The lowest BCUT2D eigenvalue weighted by Gasteiger charge is -2.38. The number of hydrogen-bond acceptors (Lipinski definition) is 3. The average Bonchev–Trinajstić information content (AvgIpc) is 2.19. The van der Waals surface area contributed by atoms with Crippen molar-refractivity contribution in [2.24, 2.45) is 11.8 Å². The van der Waals surface area contributed by atoms with E-state index in [9.17, 15) is 4.79 Å². The van der Waals surface area contributed by atoms with Crippen molar-refractivity contribution in [3.63, 3.8) is 0 Å². The highest BCUT2D eigenvalue weighted by Gasteiger charge is 2.32. The molecular formula is C12H24N2O. The summed E-state index contributed by atoms with van der Waals surface area (Å²) in [5.74, 6) is 1.01. The second-order valence-corrected chi connectivity index (χ2v) is 5.19. The third-order valence-corrected chi connectivity index (χ3v) is 3.63. The van der Waals surface area contributed by atoms with Gasteiger partial charge in [-0.05, 0) is 20.0 Å². The molecule has 0 aliphatic carbocycles. The Morgan fingerprint density at radius 3 is 2.33 bits per heavy atom. The molecule has 0 amide bonds. The number of carbonyl (C=O) groups is 1. The molecule has 0 radical (unpaired) electrons. The molecule has 0 spiro atoms. The van der Waals surface area contributed by atoms with Gasteiger partial charge in [0.25, 0.3) is 0 Å². The van der Waals surface area contributed by atoms with Crippen molar-refractivity contribution < 1.29 is 4.79 Å². The van der Waals surface area contributed by atoms with Gasteiger partial charge in [-0.25, -0.2) is 0 Å². The average molecular weight is 212 g/mol. The molecule has 1 aliphatic heterocycles. The summed E-state index contributed by atoms with van der Waals surface area (Å²) >= 11 is 0. The largest absolute Gasteiger partial charge is 0.303 e. The van der Waals surface area contributed by atoms with Gasteiger partial charge in [0.1, 0.15) is 0 Å². The van der Waals surface area contributed by atoms with Crippen LogP contribution in [0, 0.1) is 11.8 Å². The first-order valence-electron chi connectivity index (χ1n) is 5.86. The van der Waals surface area contributed by atoms with Crippen LogP contribution >= 0.6 is 0 Å². The van der Waals surface area contributed by atoms with Gasteiger partial charge in [0.15, 0.2) is 5.78 Å². The van der Waals surface area contributed by atoms with E-state index < -0.39 is 0 Å². The Labute approximate surface area is 93.4 Å². The monoisotopic (exact) mass is 212 g/mol. The highest BCUT2D eigenvalue weighted by atomic mass is 16.1. The van der Waals surface area contributed by atoms with Crippen molar-refractivity contribution >= 4 is 5.78 Å². The molecule has 0 aromatic rings. The van der Waals surface area contributed by atoms with E-state index in [1.807, 2.05) is 0 Å². The van der Waals surface area contributed by atoms with Crippen LogP contribution in [0.1, 0.15) is 20.8 Å². The number of hydrogen-bond donors (Lipinski definition) is 0. The maximum absolute atomic E-state index is 12.2. The van der Waals surface area contributed by atoms with Crippen LogP contribution in [0.2, 0.25) is 0 Å². The Kier molecular flexibility index (Phi) is 4.29. The smallest absolute Gasteiger partial charge is 0.154 e. The Bertz CT molecular complexity index is 228. The maximum atomic E-state index is 12.2. The van der Waals surface area contributed by atoms with Crippen LogP contribution in [0.3, 0.4) is 0 Å². The molecule has 1 rings (SSSR count). The lowest BCUT2D eigenvalue weighted by molar-refractivity contribution is -0.130. The van der Waals surface area contributed by atoms with Gasteiger partial charge in [0, 0.05) is 25.6 Å². The quantitative estimate of drug-likeness (QED) is 0.700. The van der Waals surface area contributed by atoms with Gasteiger partial charge in [-0.3, -0.25) is 9.69 Å². The molecule has 1 saturated heterocycles. The molecule has 15 heavy (non-hydrogen) atoms. The minimum Gasteiger partial charge on any atom is -0.303 e. The van der Waals surface area contributed by atoms with Crippen molar-refractivity contribution in [1.82, 2.24) is 9.80 Å². The number of piperazine rings is 1. The van der Waals surface area contributed by atoms with Crippen molar-refractivity contribution in [3.8, 4) is 0 Å². The summed E-state index contributed by atoms with van der Waals surface area (Å²) in [5.41, 5.74) is 0. The third-order valence-electron chi connectivity index (χ3n) is 3.63. The van der Waals surface area contributed by atoms with Crippen molar-refractivity contribution in [1.29, 1.82) is 0 Å². The zero-order valence-electron chi connectivity index (χ0n) is 10.7. The molecule has 0 aromatic carbocycles. The van der Waals surface area contributed by atoms with Gasteiger partial charge in [-0.1, -0.05) is 20.8 Å². The summed E-state index contributed by atoms with van der Waals surface area (Å²) in [4.78, 5) is 16.7. The standard InChI is InChI=1S/C12H24N2O/c1-9(2)10(3)12(15)11-8-13(4)6-7-14(11)5/h9-11H,6-8H2,1-5H3. The fourth-order valence-electron chi connectivity index (χ4n) is 1.95. The lowest BCUT2D eigenvalue weighted by Crippen LogP contribution is -2.55. The minimum atomic E-state index is 0.0983. The Morgan fingerprint density at radius 2 is 1.80 bits per heavy atom. The van der Waals surface area contributed by atoms with E-state index in [1.165, 1.54) is 0 Å². The van der Waals surface area contributed by atoms with Gasteiger partial charge in [0.05, 0.1) is 6.04 Å². The first-order valence-corrected chi connectivity index (χ1v) is 5.86. The summed E-state index contributed by atoms with van der Waals surface area (Å²) in [6.45, 7) is 9.24. The van der Waals surface area contributed by atoms with Crippen molar-refractivity contribution in [3.05, 3.63) is 0 Å². The normalized spacial score (nSPS) is 26.9. The molecule has 0 saturated carbocycles. The van der Waals surface area contributed by atoms with Gasteiger partial charge in [-0.15, -0.1) is 0 Å². The van der Waals surface area contributed by atoms with Gasteiger partial charge < -0.3 is 4.90 Å². The van der Waals surface area contributed by atoms with E-state index in [-0.39, 0.29) is 12.0 Å². The molecule has 0 N–H and O–H groups in total. The second kappa shape index (κ2) is 5.08. The van der Waals surface area contributed by atoms with Crippen LogP contribution in [-0.4, -0.2) is 55.4 Å². The molecule has 2 atom stereocenters. The summed E-state index contributed by atoms with van der Waals surface area (Å²) < 4.78 is 0. The number of Topliss-reactive ketones (excluding diaryl/α,β-unsaturated/α-hetero) is 1. The molecule has 88 valence electrons. The van der Waals surface area contributed by atoms with E-state index in [2.05, 4.69) is 44.7 Å². The topological polar surface area (TPSA) is 23.6 Å². The van der Waals surface area contributed by atoms with Gasteiger partial charge >= 0.3 is 0 Å². The predicted molar refractivity (Wildman–Crippen MR) is 62.9 cm³/mol. The molecule has 0 aromatic heterocycles. The van der Waals surface area contributed by atoms with Crippen LogP contribution in [-0.2, 0) is 4.79 Å². The molecule has 1 fully saturated rings. The summed E-state index contributed by atoms with van der Waals surface area (Å²) in [5, 5.41) is 0. The summed E-state index contributed by atoms with van der Waals surface area (Å²) in [6.07, 6.45) is 0. The highest BCUT2D eigenvalue weighted by Crippen LogP contribution is 2.17. The van der Waals surface area contributed by atoms with E-state index in [0.29, 0.717) is 11.7 Å². The van der Waals surface area contributed by atoms with Crippen LogP contribution < -0.4 is 0 Å². The second-order valence-electron chi connectivity index (χ2n) is 5.19. The predicted octanol–water partition coefficient (Wildman–Crippen LogP) is 1.09. The van der Waals surface area contributed by atoms with E-state index in [0.717, 1.165) is 19.6 Å². The first kappa shape index (κ1) is 12.7. The molecule has 3 heteroatoms. The minimum absolute atomic E-state index is 0.0983. The molecule has 3 nitrogen and oxygen atoms in total. The number of nitrogens with zero attached hydrogens (tertiary/aromatic N) is 2. The Morgan fingerprint density at radius 1 is 1.20 bits per heavy atom. The van der Waals surface area contributed by atoms with Crippen LogP contribution in [0.15, 0.2) is 0 Å². The lowest BCUT2D eigenvalue weighted by atomic mass is 9.88. The number of carbonyl (C=O) groups excluding carboxylic acids is 1. The fraction of sp³-hybridized carbons (Fsp3) is 0.917. The van der Waals surface area contributed by atoms with Gasteiger partial charge in [0.2, 0.25) is 0 Å². The zero-order valence-corrected chi connectivity index (χ0v) is 10.7. The van der Waals surface area contributed by atoms with Gasteiger partial charge in [-0.2, -0.15) is 0 Å². The number of likely N-dealkylation sites (N-methyl/N-ethyl adjacent to an activating group) is 2. The summed E-state index contributed by atoms with van der Waals surface area (Å²) in [7, 11) is 4.15. The third kappa shape index (κ3) is 3.02. The van der Waals surface area contributed by atoms with E-state index in [1.54, 1.807) is 0 Å². The van der Waals surface area contributed by atoms with E-state index >= 15 is 0 Å². The van der Waals surface area contributed by atoms with Crippen molar-refractivity contribution in [2.75, 3.05) is 33.7 Å². The number of rotatable bonds is 3. The molecule has 1 aliphatic rings. The Hall–Kier alpha value is -0.410. The molecule has 0 bridgehead atoms. The Balaban J connectivity index is 2.64.